The molecule has 2 rings (SSSR count). The Kier molecular flexibility index (Phi) is 3.90. The molecule has 0 radical (unpaired) electrons. The molecule has 108 valence electrons. The molecule has 0 spiro atoms. The monoisotopic (exact) mass is 266 g/mol. The summed E-state index contributed by atoms with van der Waals surface area (Å²) in [5.41, 5.74) is 1.03. The van der Waals surface area contributed by atoms with E-state index in [2.05, 4.69) is 25.8 Å². The highest BCUT2D eigenvalue weighted by Crippen LogP contribution is 2.45. The van der Waals surface area contributed by atoms with Gasteiger partial charge < -0.3 is 10.1 Å². The molecule has 1 aliphatic rings. The van der Waals surface area contributed by atoms with Gasteiger partial charge in [0, 0.05) is 17.9 Å². The second-order valence-corrected chi connectivity index (χ2v) is 6.63. The molecule has 1 aliphatic carbocycles. The number of aliphatic hydroxyl groups is 1. The maximum absolute atomic E-state index is 12.0. The molecular weight excluding hydrogens is 240 g/mol. The van der Waals surface area contributed by atoms with E-state index in [1.54, 1.807) is 4.57 Å². The molecule has 0 amide bonds. The van der Waals surface area contributed by atoms with Crippen LogP contribution in [0.5, 0.6) is 0 Å². The van der Waals surface area contributed by atoms with Gasteiger partial charge in [-0.1, -0.05) is 27.2 Å². The van der Waals surface area contributed by atoms with Gasteiger partial charge in [0.25, 0.3) is 0 Å². The first-order valence-corrected chi connectivity index (χ1v) is 7.31. The molecule has 1 saturated carbocycles. The molecule has 3 unspecified atom stereocenters. The van der Waals surface area contributed by atoms with Crippen molar-refractivity contribution in [2.75, 3.05) is 0 Å². The molecule has 0 bridgehead atoms. The number of aromatic amines is 1. The molecule has 4 heteroatoms. The number of imidazole rings is 1. The number of aliphatic hydroxyl groups excluding tert-OH is 1. The van der Waals surface area contributed by atoms with Gasteiger partial charge in [-0.15, -0.1) is 0 Å². The van der Waals surface area contributed by atoms with E-state index in [9.17, 15) is 9.90 Å². The van der Waals surface area contributed by atoms with Crippen molar-refractivity contribution in [3.05, 3.63) is 22.4 Å². The summed E-state index contributed by atoms with van der Waals surface area (Å²) in [5, 5.41) is 9.97. The van der Waals surface area contributed by atoms with E-state index in [4.69, 9.17) is 0 Å². The Hall–Kier alpha value is -1.03. The Labute approximate surface area is 114 Å². The third-order valence-electron chi connectivity index (χ3n) is 4.93. The quantitative estimate of drug-likeness (QED) is 0.883. The van der Waals surface area contributed by atoms with Gasteiger partial charge >= 0.3 is 5.69 Å². The number of hydrogen-bond donors (Lipinski definition) is 2. The van der Waals surface area contributed by atoms with E-state index in [1.165, 1.54) is 0 Å². The van der Waals surface area contributed by atoms with Crippen molar-refractivity contribution in [2.24, 2.45) is 11.3 Å². The fourth-order valence-corrected chi connectivity index (χ4v) is 3.39. The van der Waals surface area contributed by atoms with E-state index in [0.717, 1.165) is 25.0 Å². The van der Waals surface area contributed by atoms with E-state index in [0.29, 0.717) is 12.3 Å². The van der Waals surface area contributed by atoms with Crippen LogP contribution in [0.3, 0.4) is 0 Å². The van der Waals surface area contributed by atoms with Crippen LogP contribution in [0, 0.1) is 18.3 Å². The molecule has 0 saturated heterocycles. The maximum Gasteiger partial charge on any atom is 0.325 e. The standard InChI is InChI=1S/C15H26N2O2/c1-5-15(3,4)12-7-6-11(18)8-13(12)17-9-10(2)16-14(17)19/h9,11-13,18H,5-8H2,1-4H3,(H,16,19). The summed E-state index contributed by atoms with van der Waals surface area (Å²) in [6, 6.07) is 0.108. The normalized spacial score (nSPS) is 28.6. The summed E-state index contributed by atoms with van der Waals surface area (Å²) in [6.45, 7) is 8.64. The number of nitrogens with zero attached hydrogens (tertiary/aromatic N) is 1. The Morgan fingerprint density at radius 2 is 2.16 bits per heavy atom. The highest BCUT2D eigenvalue weighted by Gasteiger charge is 2.39. The van der Waals surface area contributed by atoms with Crippen molar-refractivity contribution in [3.8, 4) is 0 Å². The summed E-state index contributed by atoms with van der Waals surface area (Å²) in [4.78, 5) is 14.9. The Balaban J connectivity index is 2.37. The van der Waals surface area contributed by atoms with Gasteiger partial charge in [-0.25, -0.2) is 4.79 Å². The van der Waals surface area contributed by atoms with Gasteiger partial charge in [0.2, 0.25) is 0 Å². The lowest BCUT2D eigenvalue weighted by atomic mass is 9.66. The van der Waals surface area contributed by atoms with Gasteiger partial charge in [0.05, 0.1) is 6.10 Å². The van der Waals surface area contributed by atoms with Gasteiger partial charge in [-0.05, 0) is 37.5 Å². The SMILES string of the molecule is CCC(C)(C)C1CCC(O)CC1n1cc(C)[nH]c1=O. The molecule has 3 atom stereocenters. The summed E-state index contributed by atoms with van der Waals surface area (Å²) in [6.07, 6.45) is 5.22. The number of rotatable bonds is 3. The lowest BCUT2D eigenvalue weighted by molar-refractivity contribution is 0.0205. The first-order chi connectivity index (χ1) is 8.85. The van der Waals surface area contributed by atoms with Crippen LogP contribution in [-0.4, -0.2) is 20.8 Å². The van der Waals surface area contributed by atoms with Crippen LogP contribution in [0.25, 0.3) is 0 Å². The number of aryl methyl sites for hydroxylation is 1. The first kappa shape index (κ1) is 14.4. The zero-order chi connectivity index (χ0) is 14.2. The maximum atomic E-state index is 12.0. The highest BCUT2D eigenvalue weighted by atomic mass is 16.3. The van der Waals surface area contributed by atoms with Crippen molar-refractivity contribution >= 4 is 0 Å². The van der Waals surface area contributed by atoms with Crippen molar-refractivity contribution < 1.29 is 5.11 Å². The van der Waals surface area contributed by atoms with Gasteiger partial charge in [-0.3, -0.25) is 4.57 Å². The topological polar surface area (TPSA) is 58.0 Å². The summed E-state index contributed by atoms with van der Waals surface area (Å²) in [5.74, 6) is 0.439. The predicted octanol–water partition coefficient (Wildman–Crippen LogP) is 2.62. The summed E-state index contributed by atoms with van der Waals surface area (Å²) in [7, 11) is 0. The molecule has 1 fully saturated rings. The van der Waals surface area contributed by atoms with Crippen LogP contribution in [0.4, 0.5) is 0 Å². The Morgan fingerprint density at radius 1 is 1.47 bits per heavy atom. The lowest BCUT2D eigenvalue weighted by Crippen LogP contribution is -2.40. The smallest absolute Gasteiger partial charge is 0.325 e. The zero-order valence-corrected chi connectivity index (χ0v) is 12.4. The van der Waals surface area contributed by atoms with Gasteiger partial charge in [-0.2, -0.15) is 0 Å². The summed E-state index contributed by atoms with van der Waals surface area (Å²) < 4.78 is 1.81. The van der Waals surface area contributed by atoms with Gasteiger partial charge in [0.1, 0.15) is 0 Å². The third kappa shape index (κ3) is 2.78. The molecule has 19 heavy (non-hydrogen) atoms. The van der Waals surface area contributed by atoms with Crippen LogP contribution >= 0.6 is 0 Å². The highest BCUT2D eigenvalue weighted by molar-refractivity contribution is 4.99. The number of hydrogen-bond acceptors (Lipinski definition) is 2. The fourth-order valence-electron chi connectivity index (χ4n) is 3.39. The fraction of sp³-hybridized carbons (Fsp3) is 0.800. The number of aromatic nitrogens is 2. The van der Waals surface area contributed by atoms with Crippen molar-refractivity contribution in [3.63, 3.8) is 0 Å². The average Bonchev–Trinajstić information content (AvgIpc) is 2.68. The van der Waals surface area contributed by atoms with Crippen LogP contribution in [-0.2, 0) is 0 Å². The second kappa shape index (κ2) is 5.16. The number of nitrogens with one attached hydrogen (secondary N) is 1. The van der Waals surface area contributed by atoms with Crippen LogP contribution < -0.4 is 5.69 Å². The molecule has 0 aliphatic heterocycles. The average molecular weight is 266 g/mol. The molecule has 2 N–H and O–H groups in total. The van der Waals surface area contributed by atoms with E-state index in [1.807, 2.05) is 13.1 Å². The first-order valence-electron chi connectivity index (χ1n) is 7.31. The molecular formula is C15H26N2O2. The molecule has 1 aromatic heterocycles. The lowest BCUT2D eigenvalue weighted by Gasteiger charge is -2.43. The minimum absolute atomic E-state index is 0.0477. The second-order valence-electron chi connectivity index (χ2n) is 6.63. The van der Waals surface area contributed by atoms with Crippen molar-refractivity contribution in [2.45, 2.75) is 65.5 Å². The van der Waals surface area contributed by atoms with E-state index in [-0.39, 0.29) is 23.3 Å². The molecule has 1 aromatic rings. The van der Waals surface area contributed by atoms with Crippen LogP contribution in [0.2, 0.25) is 0 Å². The molecule has 0 aromatic carbocycles. The minimum Gasteiger partial charge on any atom is -0.393 e. The van der Waals surface area contributed by atoms with Crippen LogP contribution in [0.1, 0.15) is 58.2 Å². The minimum atomic E-state index is -0.281. The zero-order valence-electron chi connectivity index (χ0n) is 12.4. The van der Waals surface area contributed by atoms with Crippen molar-refractivity contribution in [1.82, 2.24) is 9.55 Å². The van der Waals surface area contributed by atoms with E-state index < -0.39 is 0 Å². The van der Waals surface area contributed by atoms with E-state index >= 15 is 0 Å². The Morgan fingerprint density at radius 3 is 2.68 bits per heavy atom. The number of H-pyrrole nitrogens is 1. The van der Waals surface area contributed by atoms with Crippen molar-refractivity contribution in [1.29, 1.82) is 0 Å². The Bertz CT molecular complexity index is 487. The predicted molar refractivity (Wildman–Crippen MR) is 76.2 cm³/mol. The summed E-state index contributed by atoms with van der Waals surface area (Å²) >= 11 is 0. The molecule has 1 heterocycles. The largest absolute Gasteiger partial charge is 0.393 e. The molecule has 4 nitrogen and oxygen atoms in total. The van der Waals surface area contributed by atoms with Gasteiger partial charge in [0.15, 0.2) is 0 Å². The third-order valence-corrected chi connectivity index (χ3v) is 4.93. The van der Waals surface area contributed by atoms with Crippen LogP contribution in [0.15, 0.2) is 11.0 Å².